The fourth-order valence-electron chi connectivity index (χ4n) is 4.60. The summed E-state index contributed by atoms with van der Waals surface area (Å²) in [4.78, 5) is 17.6. The molecule has 3 aromatic carbocycles. The van der Waals surface area contributed by atoms with Crippen molar-refractivity contribution in [3.05, 3.63) is 93.3 Å². The zero-order valence-electron chi connectivity index (χ0n) is 21.2. The van der Waals surface area contributed by atoms with Gasteiger partial charge in [-0.2, -0.15) is 13.2 Å². The molecule has 16 heteroatoms. The number of aliphatic imine (C=N–C) groups is 1. The Balaban J connectivity index is 1.72. The number of hydrogen-bond acceptors (Lipinski definition) is 7. The third-order valence-electron chi connectivity index (χ3n) is 6.35. The predicted molar refractivity (Wildman–Crippen MR) is 143 cm³/mol. The van der Waals surface area contributed by atoms with E-state index in [-0.39, 0.29) is 32.7 Å². The van der Waals surface area contributed by atoms with Crippen LogP contribution in [0, 0.1) is 11.6 Å². The van der Waals surface area contributed by atoms with Crippen LogP contribution in [0.4, 0.5) is 33.3 Å². The molecule has 0 atom stereocenters. The van der Waals surface area contributed by atoms with Gasteiger partial charge in [-0.25, -0.2) is 25.6 Å². The Bertz CT molecular complexity index is 2110. The van der Waals surface area contributed by atoms with Crippen molar-refractivity contribution in [2.75, 3.05) is 16.7 Å². The average molecular weight is 628 g/mol. The van der Waals surface area contributed by atoms with E-state index in [4.69, 9.17) is 0 Å². The van der Waals surface area contributed by atoms with Crippen molar-refractivity contribution < 1.29 is 43.9 Å². The van der Waals surface area contributed by atoms with Crippen molar-refractivity contribution in [1.82, 2.24) is 4.57 Å². The molecule has 0 radical (unpaired) electrons. The van der Waals surface area contributed by atoms with Gasteiger partial charge >= 0.3 is 6.18 Å². The molecule has 220 valence electrons. The molecule has 42 heavy (non-hydrogen) atoms. The van der Waals surface area contributed by atoms with Gasteiger partial charge in [0.2, 0.25) is 10.0 Å². The van der Waals surface area contributed by atoms with Crippen LogP contribution in [0.25, 0.3) is 10.9 Å². The number of alkyl halides is 3. The second-order valence-corrected chi connectivity index (χ2v) is 13.2. The number of rotatable bonds is 5. The van der Waals surface area contributed by atoms with Crippen LogP contribution in [0.15, 0.2) is 69.3 Å². The molecular weight excluding hydrogens is 609 g/mol. The summed E-state index contributed by atoms with van der Waals surface area (Å²) in [7, 11) is -8.02. The van der Waals surface area contributed by atoms with Crippen molar-refractivity contribution in [2.45, 2.75) is 17.6 Å². The van der Waals surface area contributed by atoms with E-state index < -0.39 is 78.1 Å². The quantitative estimate of drug-likeness (QED) is 0.317. The Hall–Kier alpha value is -4.31. The first kappa shape index (κ1) is 29.2. The number of benzene rings is 3. The smallest absolute Gasteiger partial charge is 0.419 e. The van der Waals surface area contributed by atoms with E-state index in [1.54, 1.807) is 0 Å². The third kappa shape index (κ3) is 5.46. The lowest BCUT2D eigenvalue weighted by atomic mass is 10.0. The SMILES string of the molecule is CS(=O)(=O)Nc1ccc2c(c1)S(=O)(=O)CC(c1c(O)c3cc(F)ccc3n(Cc3ccc(F)c(C(F)(F)F)c3)c1=O)=N2. The summed E-state index contributed by atoms with van der Waals surface area (Å²) in [5.41, 5.74) is -4.23. The van der Waals surface area contributed by atoms with Gasteiger partial charge in [0.25, 0.3) is 5.56 Å². The van der Waals surface area contributed by atoms with Gasteiger partial charge < -0.3 is 9.67 Å². The number of nitrogens with zero attached hydrogens (tertiary/aromatic N) is 2. The molecule has 0 amide bonds. The summed E-state index contributed by atoms with van der Waals surface area (Å²) in [6.07, 6.45) is -4.17. The summed E-state index contributed by atoms with van der Waals surface area (Å²) in [5.74, 6) is -4.12. The third-order valence-corrected chi connectivity index (χ3v) is 8.60. The molecule has 1 aliphatic rings. The minimum Gasteiger partial charge on any atom is -0.506 e. The molecule has 0 bridgehead atoms. The van der Waals surface area contributed by atoms with Crippen LogP contribution in [0.3, 0.4) is 0 Å². The minimum absolute atomic E-state index is 0.0672. The average Bonchev–Trinajstić information content (AvgIpc) is 2.86. The highest BCUT2D eigenvalue weighted by Gasteiger charge is 2.35. The van der Waals surface area contributed by atoms with E-state index in [2.05, 4.69) is 9.71 Å². The minimum atomic E-state index is -5.04. The van der Waals surface area contributed by atoms with Gasteiger partial charge in [-0.05, 0) is 54.1 Å². The van der Waals surface area contributed by atoms with E-state index in [0.717, 1.165) is 41.2 Å². The number of fused-ring (bicyclic) bond motifs is 2. The molecule has 2 N–H and O–H groups in total. The lowest BCUT2D eigenvalue weighted by molar-refractivity contribution is -0.140. The van der Waals surface area contributed by atoms with Crippen molar-refractivity contribution in [3.63, 3.8) is 0 Å². The second kappa shape index (κ2) is 9.90. The maximum Gasteiger partial charge on any atom is 0.419 e. The van der Waals surface area contributed by atoms with Gasteiger partial charge in [0.1, 0.15) is 22.9 Å². The maximum atomic E-state index is 14.2. The number of halogens is 5. The molecule has 9 nitrogen and oxygen atoms in total. The van der Waals surface area contributed by atoms with Crippen LogP contribution in [-0.2, 0) is 32.6 Å². The molecule has 0 saturated carbocycles. The van der Waals surface area contributed by atoms with Crippen LogP contribution in [0.5, 0.6) is 5.75 Å². The predicted octanol–water partition coefficient (Wildman–Crippen LogP) is 4.33. The highest BCUT2D eigenvalue weighted by molar-refractivity contribution is 7.92. The van der Waals surface area contributed by atoms with Crippen LogP contribution in [-0.4, -0.2) is 44.2 Å². The lowest BCUT2D eigenvalue weighted by Crippen LogP contribution is -2.32. The number of sulfonamides is 1. The monoisotopic (exact) mass is 627 g/mol. The fraction of sp³-hybridized carbons (Fsp3) is 0.154. The number of sulfone groups is 1. The molecule has 5 rings (SSSR count). The lowest BCUT2D eigenvalue weighted by Gasteiger charge is -2.20. The molecule has 4 aromatic rings. The molecule has 1 aromatic heterocycles. The first-order chi connectivity index (χ1) is 19.4. The van der Waals surface area contributed by atoms with Crippen LogP contribution in [0.1, 0.15) is 16.7 Å². The number of aromatic nitrogens is 1. The second-order valence-electron chi connectivity index (χ2n) is 9.46. The number of pyridine rings is 1. The number of anilines is 1. The molecule has 0 spiro atoms. The van der Waals surface area contributed by atoms with E-state index in [9.17, 15) is 48.7 Å². The van der Waals surface area contributed by atoms with Crippen molar-refractivity contribution in [3.8, 4) is 5.75 Å². The van der Waals surface area contributed by atoms with Gasteiger partial charge in [0, 0.05) is 11.1 Å². The Morgan fingerprint density at radius 2 is 1.76 bits per heavy atom. The summed E-state index contributed by atoms with van der Waals surface area (Å²) >= 11 is 0. The normalized spacial score (nSPS) is 14.9. The molecular formula is C26H18F5N3O6S2. The number of aromatic hydroxyl groups is 1. The van der Waals surface area contributed by atoms with Gasteiger partial charge in [0.15, 0.2) is 9.84 Å². The van der Waals surface area contributed by atoms with Crippen molar-refractivity contribution in [1.29, 1.82) is 0 Å². The van der Waals surface area contributed by atoms with E-state index in [0.29, 0.717) is 12.1 Å². The molecule has 1 aliphatic heterocycles. The summed E-state index contributed by atoms with van der Waals surface area (Å²) in [6.45, 7) is -0.589. The summed E-state index contributed by atoms with van der Waals surface area (Å²) < 4.78 is 121. The van der Waals surface area contributed by atoms with Crippen LogP contribution >= 0.6 is 0 Å². The molecule has 2 heterocycles. The number of hydrogen-bond donors (Lipinski definition) is 2. The van der Waals surface area contributed by atoms with E-state index in [1.807, 2.05) is 0 Å². The molecule has 0 saturated heterocycles. The fourth-order valence-corrected chi connectivity index (χ4v) is 6.62. The Morgan fingerprint density at radius 3 is 2.43 bits per heavy atom. The first-order valence-electron chi connectivity index (χ1n) is 11.8. The van der Waals surface area contributed by atoms with Gasteiger partial charge in [-0.1, -0.05) is 6.07 Å². The van der Waals surface area contributed by atoms with E-state index in [1.165, 1.54) is 12.1 Å². The van der Waals surface area contributed by atoms with Crippen molar-refractivity contribution in [2.24, 2.45) is 4.99 Å². The van der Waals surface area contributed by atoms with Gasteiger partial charge in [0.05, 0.1) is 45.9 Å². The van der Waals surface area contributed by atoms with Crippen molar-refractivity contribution >= 4 is 47.8 Å². The molecule has 0 aliphatic carbocycles. The van der Waals surface area contributed by atoms with Gasteiger partial charge in [-0.15, -0.1) is 0 Å². The molecule has 0 unspecified atom stereocenters. The summed E-state index contributed by atoms with van der Waals surface area (Å²) in [6, 6.07) is 8.44. The Kier molecular flexibility index (Phi) is 6.88. The Morgan fingerprint density at radius 1 is 1.05 bits per heavy atom. The highest BCUT2D eigenvalue weighted by atomic mass is 32.2. The molecule has 0 fully saturated rings. The summed E-state index contributed by atoms with van der Waals surface area (Å²) in [5, 5.41) is 10.8. The van der Waals surface area contributed by atoms with Crippen LogP contribution in [0.2, 0.25) is 0 Å². The van der Waals surface area contributed by atoms with Crippen LogP contribution < -0.4 is 10.3 Å². The zero-order chi connectivity index (χ0) is 30.8. The topological polar surface area (TPSA) is 135 Å². The highest BCUT2D eigenvalue weighted by Crippen LogP contribution is 2.36. The largest absolute Gasteiger partial charge is 0.506 e. The maximum absolute atomic E-state index is 14.2. The first-order valence-corrected chi connectivity index (χ1v) is 15.3. The zero-order valence-corrected chi connectivity index (χ0v) is 22.8. The Labute approximate surface area is 234 Å². The van der Waals surface area contributed by atoms with E-state index >= 15 is 0 Å². The number of nitrogens with one attached hydrogen (secondary N) is 1. The standard InChI is InChI=1S/C26H18F5N3O6S2/c1-41(37,38)33-15-4-6-19-22(10-15)42(39,40)12-20(32-19)23-24(35)16-9-14(27)3-7-21(16)34(25(23)36)11-13-2-5-18(28)17(8-13)26(29,30)31/h2-10,33,35H,11-12H2,1H3. The van der Waals surface area contributed by atoms with Gasteiger partial charge in [-0.3, -0.25) is 14.5 Å².